The van der Waals surface area contributed by atoms with E-state index in [9.17, 15) is 14.7 Å². The Morgan fingerprint density at radius 3 is 2.09 bits per heavy atom. The first kappa shape index (κ1) is 22.9. The molecule has 0 fully saturated rings. The van der Waals surface area contributed by atoms with Gasteiger partial charge in [-0.1, -0.05) is 66.2 Å². The fourth-order valence-electron chi connectivity index (χ4n) is 4.63. The molecule has 6 heteroatoms. The molecule has 0 saturated heterocycles. The molecule has 1 N–H and O–H groups in total. The Kier molecular flexibility index (Phi) is 6.43. The zero-order valence-electron chi connectivity index (χ0n) is 18.8. The highest BCUT2D eigenvalue weighted by Gasteiger charge is 2.36. The highest BCUT2D eigenvalue weighted by Crippen LogP contribution is 2.44. The van der Waals surface area contributed by atoms with E-state index in [1.165, 1.54) is 4.90 Å². The van der Waals surface area contributed by atoms with Crippen LogP contribution in [0.3, 0.4) is 0 Å². The van der Waals surface area contributed by atoms with Crippen LogP contribution in [0.15, 0.2) is 66.7 Å². The minimum atomic E-state index is -1.18. The summed E-state index contributed by atoms with van der Waals surface area (Å²) in [6, 6.07) is 19.6. The van der Waals surface area contributed by atoms with Crippen molar-refractivity contribution < 1.29 is 19.4 Å². The predicted octanol–water partition coefficient (Wildman–Crippen LogP) is 6.43. The number of fused-ring (bicyclic) bond motifs is 3. The normalized spacial score (nSPS) is 13.4. The molecule has 1 aliphatic carbocycles. The Morgan fingerprint density at radius 2 is 1.58 bits per heavy atom. The van der Waals surface area contributed by atoms with Crippen molar-refractivity contribution >= 4 is 23.7 Å². The molecule has 3 aromatic rings. The van der Waals surface area contributed by atoms with Crippen molar-refractivity contribution in [1.29, 1.82) is 0 Å². The first-order valence-electron chi connectivity index (χ1n) is 10.9. The van der Waals surface area contributed by atoms with Crippen LogP contribution in [-0.4, -0.2) is 34.7 Å². The number of carbonyl (C=O) groups excluding carboxylic acids is 1. The van der Waals surface area contributed by atoms with Crippen LogP contribution >= 0.6 is 11.6 Å². The summed E-state index contributed by atoms with van der Waals surface area (Å²) in [6.07, 6.45) is -0.659. The third-order valence-corrected chi connectivity index (χ3v) is 6.38. The summed E-state index contributed by atoms with van der Waals surface area (Å²) in [5.41, 5.74) is 5.68. The zero-order chi connectivity index (χ0) is 23.7. The Bertz CT molecular complexity index is 1160. The minimum absolute atomic E-state index is 0.101. The van der Waals surface area contributed by atoms with Crippen LogP contribution in [0.4, 0.5) is 4.79 Å². The molecule has 170 valence electrons. The summed E-state index contributed by atoms with van der Waals surface area (Å²) in [4.78, 5) is 26.9. The summed E-state index contributed by atoms with van der Waals surface area (Å²) in [5.74, 6) is -1.22. The van der Waals surface area contributed by atoms with Crippen molar-refractivity contribution in [3.8, 4) is 11.1 Å². The first-order valence-corrected chi connectivity index (χ1v) is 11.3. The predicted molar refractivity (Wildman–Crippen MR) is 129 cm³/mol. The van der Waals surface area contributed by atoms with Crippen molar-refractivity contribution in [3.63, 3.8) is 0 Å². The van der Waals surface area contributed by atoms with Gasteiger partial charge in [-0.3, -0.25) is 4.90 Å². The maximum absolute atomic E-state index is 13.3. The van der Waals surface area contributed by atoms with E-state index in [0.29, 0.717) is 16.1 Å². The summed E-state index contributed by atoms with van der Waals surface area (Å²) in [5, 5.41) is 10.6. The number of hydrogen-bond donors (Lipinski definition) is 1. The lowest BCUT2D eigenvalue weighted by molar-refractivity contribution is -0.143. The Hall–Kier alpha value is -3.31. The van der Waals surface area contributed by atoms with Gasteiger partial charge in [-0.05, 0) is 66.3 Å². The number of aliphatic carboxylic acids is 1. The average Bonchev–Trinajstić information content (AvgIpc) is 3.10. The van der Waals surface area contributed by atoms with Gasteiger partial charge < -0.3 is 9.84 Å². The standard InChI is InChI=1S/C27H26ClNO4/c1-16(2)29(25(26(30)31)19-13-12-18(28)14-17(19)3)27(32)33-15-24-22-10-6-4-8-20(22)21-9-5-7-11-23(21)24/h4-14,16,24-25H,15H2,1-3H3,(H,30,31). The third-order valence-electron chi connectivity index (χ3n) is 6.14. The highest BCUT2D eigenvalue weighted by molar-refractivity contribution is 6.30. The smallest absolute Gasteiger partial charge is 0.411 e. The molecule has 1 amide bonds. The number of benzene rings is 3. The van der Waals surface area contributed by atoms with Gasteiger partial charge in [0.15, 0.2) is 6.04 Å². The number of carboxylic acids is 1. The summed E-state index contributed by atoms with van der Waals surface area (Å²) in [7, 11) is 0. The van der Waals surface area contributed by atoms with E-state index in [2.05, 4.69) is 12.1 Å². The molecule has 1 aliphatic rings. The Labute approximate surface area is 198 Å². The number of halogens is 1. The molecule has 0 bridgehead atoms. The van der Waals surface area contributed by atoms with Crippen LogP contribution in [0.2, 0.25) is 5.02 Å². The number of nitrogens with zero attached hydrogens (tertiary/aromatic N) is 1. The summed E-state index contributed by atoms with van der Waals surface area (Å²) < 4.78 is 5.78. The first-order chi connectivity index (χ1) is 15.8. The molecular formula is C27H26ClNO4. The molecule has 0 aromatic heterocycles. The molecule has 0 radical (unpaired) electrons. The van der Waals surface area contributed by atoms with E-state index < -0.39 is 24.1 Å². The molecule has 0 spiro atoms. The maximum atomic E-state index is 13.3. The number of ether oxygens (including phenoxy) is 1. The topological polar surface area (TPSA) is 66.8 Å². The molecule has 33 heavy (non-hydrogen) atoms. The van der Waals surface area contributed by atoms with Crippen molar-refractivity contribution in [3.05, 3.63) is 94.0 Å². The lowest BCUT2D eigenvalue weighted by Gasteiger charge is -2.33. The molecule has 5 nitrogen and oxygen atoms in total. The van der Waals surface area contributed by atoms with Crippen LogP contribution in [-0.2, 0) is 9.53 Å². The molecule has 3 aromatic carbocycles. The van der Waals surface area contributed by atoms with Gasteiger partial charge in [0.1, 0.15) is 6.61 Å². The van der Waals surface area contributed by atoms with E-state index in [0.717, 1.165) is 22.3 Å². The molecule has 0 heterocycles. The van der Waals surface area contributed by atoms with Gasteiger partial charge >= 0.3 is 12.1 Å². The van der Waals surface area contributed by atoms with Crippen LogP contribution in [0.25, 0.3) is 11.1 Å². The highest BCUT2D eigenvalue weighted by atomic mass is 35.5. The second-order valence-electron chi connectivity index (χ2n) is 8.55. The van der Waals surface area contributed by atoms with Crippen LogP contribution in [0, 0.1) is 6.92 Å². The lowest BCUT2D eigenvalue weighted by Crippen LogP contribution is -2.44. The maximum Gasteiger partial charge on any atom is 0.411 e. The summed E-state index contributed by atoms with van der Waals surface area (Å²) in [6.45, 7) is 5.47. The van der Waals surface area contributed by atoms with Gasteiger partial charge in [0.2, 0.25) is 0 Å². The van der Waals surface area contributed by atoms with E-state index in [1.807, 2.05) is 36.4 Å². The Balaban J connectivity index is 1.61. The second-order valence-corrected chi connectivity index (χ2v) is 8.98. The molecule has 1 unspecified atom stereocenters. The van der Waals surface area contributed by atoms with Crippen LogP contribution < -0.4 is 0 Å². The van der Waals surface area contributed by atoms with E-state index in [1.54, 1.807) is 39.0 Å². The Morgan fingerprint density at radius 1 is 1.00 bits per heavy atom. The number of hydrogen-bond acceptors (Lipinski definition) is 3. The third kappa shape index (κ3) is 4.33. The summed E-state index contributed by atoms with van der Waals surface area (Å²) >= 11 is 6.06. The fourth-order valence-corrected chi connectivity index (χ4v) is 4.86. The number of carbonyl (C=O) groups is 2. The van der Waals surface area contributed by atoms with Crippen molar-refractivity contribution in [2.24, 2.45) is 0 Å². The van der Waals surface area contributed by atoms with E-state index in [4.69, 9.17) is 16.3 Å². The number of rotatable bonds is 6. The molecule has 0 aliphatic heterocycles. The molecular weight excluding hydrogens is 438 g/mol. The number of amides is 1. The van der Waals surface area contributed by atoms with Gasteiger partial charge in [0.25, 0.3) is 0 Å². The van der Waals surface area contributed by atoms with Gasteiger partial charge in [-0.2, -0.15) is 0 Å². The van der Waals surface area contributed by atoms with Gasteiger partial charge in [-0.15, -0.1) is 0 Å². The minimum Gasteiger partial charge on any atom is -0.479 e. The van der Waals surface area contributed by atoms with Crippen molar-refractivity contribution in [2.75, 3.05) is 6.61 Å². The van der Waals surface area contributed by atoms with Gasteiger partial charge in [0.05, 0.1) is 0 Å². The number of carboxylic acid groups (broad SMARTS) is 1. The van der Waals surface area contributed by atoms with Crippen LogP contribution in [0.5, 0.6) is 0 Å². The fraction of sp³-hybridized carbons (Fsp3) is 0.259. The van der Waals surface area contributed by atoms with Crippen LogP contribution in [0.1, 0.15) is 48.1 Å². The second kappa shape index (κ2) is 9.28. The van der Waals surface area contributed by atoms with Gasteiger partial charge in [0, 0.05) is 17.0 Å². The monoisotopic (exact) mass is 463 g/mol. The average molecular weight is 464 g/mol. The molecule has 4 rings (SSSR count). The van der Waals surface area contributed by atoms with E-state index >= 15 is 0 Å². The number of aryl methyl sites for hydroxylation is 1. The van der Waals surface area contributed by atoms with Crippen molar-refractivity contribution in [1.82, 2.24) is 4.90 Å². The SMILES string of the molecule is Cc1cc(Cl)ccc1C(C(=O)O)N(C(=O)OCC1c2ccccc2-c2ccccc21)C(C)C. The van der Waals surface area contributed by atoms with E-state index in [-0.39, 0.29) is 12.5 Å². The lowest BCUT2D eigenvalue weighted by atomic mass is 9.98. The largest absolute Gasteiger partial charge is 0.479 e. The van der Waals surface area contributed by atoms with Crippen molar-refractivity contribution in [2.45, 2.75) is 38.8 Å². The zero-order valence-corrected chi connectivity index (χ0v) is 19.5. The van der Waals surface area contributed by atoms with Gasteiger partial charge in [-0.25, -0.2) is 9.59 Å². The molecule has 0 saturated carbocycles. The molecule has 1 atom stereocenters. The quantitative estimate of drug-likeness (QED) is 0.457.